The Kier molecular flexibility index (Phi) is 7.85. The minimum atomic E-state index is -3.38. The first-order valence-corrected chi connectivity index (χ1v) is 12.8. The summed E-state index contributed by atoms with van der Waals surface area (Å²) in [6.45, 7) is 2.85. The molecule has 2 fully saturated rings. The first-order chi connectivity index (χ1) is 15.4. The highest BCUT2D eigenvalue weighted by Crippen LogP contribution is 2.44. The molecule has 1 aliphatic carbocycles. The number of ketones is 1. The normalized spacial score (nSPS) is 21.8. The number of carbonyl (C=O) groups excluding carboxylic acids is 1. The Morgan fingerprint density at radius 3 is 2.03 bits per heavy atom. The average molecular weight is 497 g/mol. The topological polar surface area (TPSA) is 57.7 Å². The molecule has 0 spiro atoms. The zero-order chi connectivity index (χ0) is 24.4. The molecule has 0 radical (unpaired) electrons. The summed E-state index contributed by atoms with van der Waals surface area (Å²) in [6.07, 6.45) is -0.296. The van der Waals surface area contributed by atoms with Crippen LogP contribution in [0.15, 0.2) is 12.1 Å². The van der Waals surface area contributed by atoms with Gasteiger partial charge in [0.25, 0.3) is 0 Å². The van der Waals surface area contributed by atoms with Gasteiger partial charge in [-0.2, -0.15) is 4.31 Å². The van der Waals surface area contributed by atoms with Gasteiger partial charge in [-0.15, -0.1) is 0 Å². The molecule has 0 atom stereocenters. The number of nitrogens with zero attached hydrogens (tertiary/aromatic N) is 2. The van der Waals surface area contributed by atoms with Gasteiger partial charge in [-0.1, -0.05) is 6.92 Å². The van der Waals surface area contributed by atoms with Crippen molar-refractivity contribution in [3.63, 3.8) is 0 Å². The standard InChI is InChI=1S/C22H29F5N2O3S/c1-2-13-33(31,32)29-11-9-28(10-12-29)21(5-7-22(26,27)8-6-21)4-3-19(30)20-17(24)14-16(23)15-18(20)25/h14-15H,2-13H2,1H3. The predicted molar refractivity (Wildman–Crippen MR) is 113 cm³/mol. The number of halogens is 5. The molecule has 1 aromatic carbocycles. The number of carbonyl (C=O) groups is 1. The number of sulfonamides is 1. The quantitative estimate of drug-likeness (QED) is 0.396. The summed E-state index contributed by atoms with van der Waals surface area (Å²) in [5.74, 6) is -7.37. The SMILES string of the molecule is CCCS(=O)(=O)N1CCN(C2(CCC(=O)c3c(F)cc(F)cc3F)CCC(F)(F)CC2)CC1. The summed E-state index contributed by atoms with van der Waals surface area (Å²) >= 11 is 0. The van der Waals surface area contributed by atoms with Crippen molar-refractivity contribution in [2.45, 2.75) is 63.3 Å². The van der Waals surface area contributed by atoms with Crippen molar-refractivity contribution >= 4 is 15.8 Å². The number of benzene rings is 1. The number of piperazine rings is 1. The van der Waals surface area contributed by atoms with E-state index in [2.05, 4.69) is 0 Å². The number of hydrogen-bond acceptors (Lipinski definition) is 4. The average Bonchev–Trinajstić information content (AvgIpc) is 2.73. The number of rotatable bonds is 8. The molecular formula is C22H29F5N2O3S. The molecule has 0 amide bonds. The van der Waals surface area contributed by atoms with Crippen LogP contribution < -0.4 is 0 Å². The molecule has 0 N–H and O–H groups in total. The highest BCUT2D eigenvalue weighted by atomic mass is 32.2. The maximum atomic E-state index is 14.0. The molecule has 5 nitrogen and oxygen atoms in total. The van der Waals surface area contributed by atoms with Gasteiger partial charge in [-0.3, -0.25) is 9.69 Å². The van der Waals surface area contributed by atoms with E-state index in [-0.39, 0.29) is 57.4 Å². The van der Waals surface area contributed by atoms with Gasteiger partial charge >= 0.3 is 0 Å². The van der Waals surface area contributed by atoms with Crippen LogP contribution in [0.3, 0.4) is 0 Å². The monoisotopic (exact) mass is 496 g/mol. The molecule has 2 aliphatic rings. The van der Waals surface area contributed by atoms with Crippen molar-refractivity contribution in [3.05, 3.63) is 35.1 Å². The van der Waals surface area contributed by atoms with Crippen LogP contribution in [-0.4, -0.2) is 66.8 Å². The highest BCUT2D eigenvalue weighted by molar-refractivity contribution is 7.89. The Hall–Kier alpha value is -1.59. The molecule has 1 heterocycles. The molecule has 3 rings (SSSR count). The van der Waals surface area contributed by atoms with Gasteiger partial charge in [0.05, 0.1) is 11.3 Å². The van der Waals surface area contributed by atoms with Crippen LogP contribution in [-0.2, 0) is 10.0 Å². The zero-order valence-corrected chi connectivity index (χ0v) is 19.4. The van der Waals surface area contributed by atoms with Crippen molar-refractivity contribution in [1.82, 2.24) is 9.21 Å². The number of alkyl halides is 2. The lowest BCUT2D eigenvalue weighted by atomic mass is 9.74. The van der Waals surface area contributed by atoms with Crippen molar-refractivity contribution in [2.75, 3.05) is 31.9 Å². The van der Waals surface area contributed by atoms with Crippen LogP contribution in [0.1, 0.15) is 62.2 Å². The van der Waals surface area contributed by atoms with Crippen LogP contribution in [0, 0.1) is 17.5 Å². The second-order valence-corrected chi connectivity index (χ2v) is 11.0. The van der Waals surface area contributed by atoms with Crippen LogP contribution in [0.4, 0.5) is 22.0 Å². The first-order valence-electron chi connectivity index (χ1n) is 11.2. The van der Waals surface area contributed by atoms with E-state index in [1.807, 2.05) is 4.90 Å². The van der Waals surface area contributed by atoms with E-state index >= 15 is 0 Å². The molecule has 0 bridgehead atoms. The van der Waals surface area contributed by atoms with Crippen LogP contribution in [0.5, 0.6) is 0 Å². The maximum absolute atomic E-state index is 14.0. The molecule has 1 aliphatic heterocycles. The Labute approximate surface area is 191 Å². The fourth-order valence-corrected chi connectivity index (χ4v) is 6.41. The van der Waals surface area contributed by atoms with E-state index in [1.54, 1.807) is 6.92 Å². The number of Topliss-reactive ketones (excluding diaryl/α,β-unsaturated/α-hetero) is 1. The van der Waals surface area contributed by atoms with E-state index in [4.69, 9.17) is 0 Å². The summed E-state index contributed by atoms with van der Waals surface area (Å²) in [5.41, 5.74) is -1.63. The van der Waals surface area contributed by atoms with Crippen molar-refractivity contribution in [3.8, 4) is 0 Å². The summed E-state index contributed by atoms with van der Waals surface area (Å²) in [5, 5.41) is 0. The minimum Gasteiger partial charge on any atom is -0.295 e. The molecule has 186 valence electrons. The largest absolute Gasteiger partial charge is 0.295 e. The Morgan fingerprint density at radius 1 is 0.970 bits per heavy atom. The molecule has 11 heteroatoms. The number of hydrogen-bond donors (Lipinski definition) is 0. The smallest absolute Gasteiger partial charge is 0.248 e. The second-order valence-electron chi connectivity index (χ2n) is 8.95. The summed E-state index contributed by atoms with van der Waals surface area (Å²) in [7, 11) is -3.38. The van der Waals surface area contributed by atoms with E-state index in [0.29, 0.717) is 31.6 Å². The summed E-state index contributed by atoms with van der Waals surface area (Å²) < 4.78 is 95.2. The maximum Gasteiger partial charge on any atom is 0.248 e. The van der Waals surface area contributed by atoms with Gasteiger partial charge in [0.15, 0.2) is 5.78 Å². The van der Waals surface area contributed by atoms with Crippen molar-refractivity contribution in [2.24, 2.45) is 0 Å². The molecule has 1 saturated carbocycles. The zero-order valence-electron chi connectivity index (χ0n) is 18.6. The predicted octanol–water partition coefficient (Wildman–Crippen LogP) is 4.37. The second kappa shape index (κ2) is 9.95. The fourth-order valence-electron chi connectivity index (χ4n) is 4.91. The van der Waals surface area contributed by atoms with Gasteiger partial charge in [0.2, 0.25) is 15.9 Å². The summed E-state index contributed by atoms with van der Waals surface area (Å²) in [6, 6.07) is 0.867. The van der Waals surface area contributed by atoms with Crippen LogP contribution in [0.2, 0.25) is 0 Å². The third-order valence-corrected chi connectivity index (χ3v) is 8.86. The molecule has 1 saturated heterocycles. The Morgan fingerprint density at radius 2 is 1.52 bits per heavy atom. The van der Waals surface area contributed by atoms with Gasteiger partial charge in [0, 0.05) is 63.1 Å². The summed E-state index contributed by atoms with van der Waals surface area (Å²) in [4.78, 5) is 14.5. The van der Waals surface area contributed by atoms with E-state index in [9.17, 15) is 35.2 Å². The van der Waals surface area contributed by atoms with Gasteiger partial charge in [-0.25, -0.2) is 30.4 Å². The third-order valence-electron chi connectivity index (χ3n) is 6.78. The Balaban J connectivity index is 1.75. The minimum absolute atomic E-state index is 0.0354. The van der Waals surface area contributed by atoms with E-state index in [1.165, 1.54) is 4.31 Å². The van der Waals surface area contributed by atoms with Crippen LogP contribution in [0.25, 0.3) is 0 Å². The van der Waals surface area contributed by atoms with Crippen molar-refractivity contribution < 1.29 is 35.2 Å². The Bertz CT molecular complexity index is 945. The molecule has 33 heavy (non-hydrogen) atoms. The molecule has 0 unspecified atom stereocenters. The van der Waals surface area contributed by atoms with Crippen LogP contribution >= 0.6 is 0 Å². The lowest BCUT2D eigenvalue weighted by Gasteiger charge is -2.51. The van der Waals surface area contributed by atoms with E-state index in [0.717, 1.165) is 0 Å². The van der Waals surface area contributed by atoms with Crippen molar-refractivity contribution in [1.29, 1.82) is 0 Å². The third kappa shape index (κ3) is 5.92. The van der Waals surface area contributed by atoms with Gasteiger partial charge in [0.1, 0.15) is 17.5 Å². The van der Waals surface area contributed by atoms with E-state index < -0.39 is 50.3 Å². The lowest BCUT2D eigenvalue weighted by molar-refractivity contribution is -0.0891. The molecule has 1 aromatic rings. The first kappa shape index (κ1) is 26.0. The highest BCUT2D eigenvalue weighted by Gasteiger charge is 2.47. The van der Waals surface area contributed by atoms with Gasteiger partial charge in [-0.05, 0) is 25.7 Å². The van der Waals surface area contributed by atoms with Gasteiger partial charge < -0.3 is 0 Å². The lowest BCUT2D eigenvalue weighted by Crippen LogP contribution is -2.60. The molecular weight excluding hydrogens is 467 g/mol. The fraction of sp³-hybridized carbons (Fsp3) is 0.682. The molecule has 0 aromatic heterocycles.